The van der Waals surface area contributed by atoms with Gasteiger partial charge in [0.1, 0.15) is 5.82 Å². The van der Waals surface area contributed by atoms with Crippen LogP contribution in [0.1, 0.15) is 23.7 Å². The number of amides is 1. The molecule has 5 nitrogen and oxygen atoms in total. The summed E-state index contributed by atoms with van der Waals surface area (Å²) in [7, 11) is 0. The molecule has 0 spiro atoms. The topological polar surface area (TPSA) is 59.2 Å². The van der Waals surface area contributed by atoms with Crippen molar-refractivity contribution in [2.45, 2.75) is 19.3 Å². The summed E-state index contributed by atoms with van der Waals surface area (Å²) >= 11 is 1.52. The first-order valence-corrected chi connectivity index (χ1v) is 8.44. The third-order valence-electron chi connectivity index (χ3n) is 4.13. The van der Waals surface area contributed by atoms with Crippen molar-refractivity contribution in [3.05, 3.63) is 52.9 Å². The van der Waals surface area contributed by atoms with Gasteiger partial charge in [0, 0.05) is 24.6 Å². The molecule has 3 heterocycles. The van der Waals surface area contributed by atoms with Gasteiger partial charge in [0.2, 0.25) is 5.91 Å². The van der Waals surface area contributed by atoms with E-state index < -0.39 is 0 Å². The molecule has 3 aromatic rings. The van der Waals surface area contributed by atoms with Crippen molar-refractivity contribution in [2.75, 3.05) is 11.4 Å². The lowest BCUT2D eigenvalue weighted by Gasteiger charge is -2.16. The highest BCUT2D eigenvalue weighted by Gasteiger charge is 2.34. The Balaban J connectivity index is 1.56. The van der Waals surface area contributed by atoms with E-state index in [4.69, 9.17) is 4.52 Å². The van der Waals surface area contributed by atoms with Crippen LogP contribution in [0.15, 0.2) is 40.2 Å². The molecular weight excluding hydrogens is 329 g/mol. The third kappa shape index (κ3) is 2.60. The first kappa shape index (κ1) is 15.0. The monoisotopic (exact) mass is 343 g/mol. The first-order valence-electron chi connectivity index (χ1n) is 7.56. The predicted molar refractivity (Wildman–Crippen MR) is 88.5 cm³/mol. The minimum absolute atomic E-state index is 0.0641. The van der Waals surface area contributed by atoms with Crippen molar-refractivity contribution in [2.24, 2.45) is 0 Å². The van der Waals surface area contributed by atoms with Crippen LogP contribution in [0.5, 0.6) is 0 Å². The van der Waals surface area contributed by atoms with Crippen LogP contribution in [0.25, 0.3) is 10.8 Å². The van der Waals surface area contributed by atoms with E-state index in [1.165, 1.54) is 17.4 Å². The molecule has 0 bridgehead atoms. The number of benzene rings is 1. The summed E-state index contributed by atoms with van der Waals surface area (Å²) in [6, 6.07) is 8.64. The molecule has 0 saturated carbocycles. The lowest BCUT2D eigenvalue weighted by molar-refractivity contribution is -0.117. The molecule has 2 aromatic heterocycles. The Hall–Kier alpha value is -2.54. The molecule has 1 saturated heterocycles. The minimum atomic E-state index is -0.316. The molecule has 0 aliphatic carbocycles. The lowest BCUT2D eigenvalue weighted by Crippen LogP contribution is -2.24. The van der Waals surface area contributed by atoms with Gasteiger partial charge in [0.05, 0.1) is 4.88 Å². The van der Waals surface area contributed by atoms with E-state index in [9.17, 15) is 9.18 Å². The quantitative estimate of drug-likeness (QED) is 0.726. The molecule has 1 amide bonds. The second-order valence-corrected chi connectivity index (χ2v) is 6.72. The Labute approximate surface area is 141 Å². The van der Waals surface area contributed by atoms with Gasteiger partial charge in [-0.3, -0.25) is 4.79 Å². The normalized spacial score (nSPS) is 17.7. The zero-order valence-corrected chi connectivity index (χ0v) is 13.7. The summed E-state index contributed by atoms with van der Waals surface area (Å²) in [5.74, 6) is 0.447. The third-order valence-corrected chi connectivity index (χ3v) is 4.99. The molecule has 7 heteroatoms. The molecule has 1 aromatic carbocycles. The van der Waals surface area contributed by atoms with E-state index >= 15 is 0 Å². The summed E-state index contributed by atoms with van der Waals surface area (Å²) in [5, 5.41) is 5.95. The maximum Gasteiger partial charge on any atom is 0.267 e. The summed E-state index contributed by atoms with van der Waals surface area (Å²) in [6.45, 7) is 2.11. The SMILES string of the molecule is Cc1ccc(N2CC(c3noc(-c4cccs4)n3)CC2=O)cc1F. The van der Waals surface area contributed by atoms with E-state index in [2.05, 4.69) is 10.1 Å². The number of hydrogen-bond donors (Lipinski definition) is 0. The first-order chi connectivity index (χ1) is 11.6. The maximum absolute atomic E-state index is 13.8. The summed E-state index contributed by atoms with van der Waals surface area (Å²) in [5.41, 5.74) is 1.12. The standard InChI is InChI=1S/C17H14FN3O2S/c1-10-4-5-12(8-13(10)18)21-9-11(7-15(21)22)16-19-17(23-20-16)14-3-2-6-24-14/h2-6,8,11H,7,9H2,1H3. The van der Waals surface area contributed by atoms with Gasteiger partial charge < -0.3 is 9.42 Å². The molecule has 1 aliphatic rings. The smallest absolute Gasteiger partial charge is 0.267 e. The van der Waals surface area contributed by atoms with Crippen LogP contribution in [0.3, 0.4) is 0 Å². The molecule has 4 rings (SSSR count). The zero-order chi connectivity index (χ0) is 16.7. The van der Waals surface area contributed by atoms with E-state index in [1.54, 1.807) is 24.0 Å². The average molecular weight is 343 g/mol. The Morgan fingerprint density at radius 2 is 2.25 bits per heavy atom. The van der Waals surface area contributed by atoms with E-state index in [0.29, 0.717) is 35.9 Å². The average Bonchev–Trinajstić information content (AvgIpc) is 3.28. The number of anilines is 1. The van der Waals surface area contributed by atoms with Gasteiger partial charge in [-0.25, -0.2) is 4.39 Å². The second kappa shape index (κ2) is 5.83. The maximum atomic E-state index is 13.8. The van der Waals surface area contributed by atoms with Crippen molar-refractivity contribution in [1.29, 1.82) is 0 Å². The largest absolute Gasteiger partial charge is 0.333 e. The van der Waals surface area contributed by atoms with Gasteiger partial charge in [-0.15, -0.1) is 11.3 Å². The number of halogens is 1. The number of carbonyl (C=O) groups excluding carboxylic acids is 1. The number of aromatic nitrogens is 2. The number of carbonyl (C=O) groups is 1. The van der Waals surface area contributed by atoms with Crippen LogP contribution < -0.4 is 4.90 Å². The molecule has 1 unspecified atom stereocenters. The predicted octanol–water partition coefficient (Wildman–Crippen LogP) is 3.77. The van der Waals surface area contributed by atoms with Crippen LogP contribution in [-0.4, -0.2) is 22.6 Å². The van der Waals surface area contributed by atoms with Crippen molar-refractivity contribution >= 4 is 22.9 Å². The Bertz CT molecular complexity index is 891. The number of aryl methyl sites for hydroxylation is 1. The fourth-order valence-electron chi connectivity index (χ4n) is 2.78. The van der Waals surface area contributed by atoms with Gasteiger partial charge in [0.15, 0.2) is 5.82 Å². The molecule has 0 radical (unpaired) electrons. The Kier molecular flexibility index (Phi) is 3.65. The van der Waals surface area contributed by atoms with Crippen LogP contribution in [-0.2, 0) is 4.79 Å². The van der Waals surface area contributed by atoms with Crippen molar-refractivity contribution in [3.8, 4) is 10.8 Å². The highest BCUT2D eigenvalue weighted by Crippen LogP contribution is 2.32. The summed E-state index contributed by atoms with van der Waals surface area (Å²) in [6.07, 6.45) is 0.291. The highest BCUT2D eigenvalue weighted by atomic mass is 32.1. The van der Waals surface area contributed by atoms with E-state index in [1.807, 2.05) is 17.5 Å². The number of thiophene rings is 1. The number of hydrogen-bond acceptors (Lipinski definition) is 5. The second-order valence-electron chi connectivity index (χ2n) is 5.77. The molecule has 1 fully saturated rings. The Morgan fingerprint density at radius 1 is 1.38 bits per heavy atom. The van der Waals surface area contributed by atoms with Crippen LogP contribution in [0.4, 0.5) is 10.1 Å². The fraction of sp³-hybridized carbons (Fsp3) is 0.235. The molecule has 0 N–H and O–H groups in total. The molecular formula is C17H14FN3O2S. The lowest BCUT2D eigenvalue weighted by atomic mass is 10.1. The van der Waals surface area contributed by atoms with Crippen molar-refractivity contribution in [1.82, 2.24) is 10.1 Å². The van der Waals surface area contributed by atoms with Crippen LogP contribution in [0, 0.1) is 12.7 Å². The van der Waals surface area contributed by atoms with Gasteiger partial charge in [0.25, 0.3) is 5.89 Å². The molecule has 122 valence electrons. The molecule has 24 heavy (non-hydrogen) atoms. The van der Waals surface area contributed by atoms with E-state index in [0.717, 1.165) is 4.88 Å². The number of rotatable bonds is 3. The molecule has 1 aliphatic heterocycles. The van der Waals surface area contributed by atoms with E-state index in [-0.39, 0.29) is 17.6 Å². The van der Waals surface area contributed by atoms with Gasteiger partial charge in [-0.05, 0) is 36.1 Å². The summed E-state index contributed by atoms with van der Waals surface area (Å²) in [4.78, 5) is 19.2. The summed E-state index contributed by atoms with van der Waals surface area (Å²) < 4.78 is 19.1. The van der Waals surface area contributed by atoms with Gasteiger partial charge in [-0.2, -0.15) is 4.98 Å². The Morgan fingerprint density at radius 3 is 3.00 bits per heavy atom. The van der Waals surface area contributed by atoms with Gasteiger partial charge in [-0.1, -0.05) is 17.3 Å². The van der Waals surface area contributed by atoms with Crippen LogP contribution in [0.2, 0.25) is 0 Å². The van der Waals surface area contributed by atoms with Crippen molar-refractivity contribution < 1.29 is 13.7 Å². The van der Waals surface area contributed by atoms with Crippen LogP contribution >= 0.6 is 11.3 Å². The van der Waals surface area contributed by atoms with Crippen molar-refractivity contribution in [3.63, 3.8) is 0 Å². The zero-order valence-electron chi connectivity index (χ0n) is 12.9. The minimum Gasteiger partial charge on any atom is -0.333 e. The van der Waals surface area contributed by atoms with Gasteiger partial charge >= 0.3 is 0 Å². The molecule has 1 atom stereocenters. The number of nitrogens with zero attached hydrogens (tertiary/aromatic N) is 3. The fourth-order valence-corrected chi connectivity index (χ4v) is 3.43. The highest BCUT2D eigenvalue weighted by molar-refractivity contribution is 7.13.